The molecule has 1 unspecified atom stereocenters. The van der Waals surface area contributed by atoms with Gasteiger partial charge in [0.25, 0.3) is 10.3 Å². The number of alkyl halides is 1. The van der Waals surface area contributed by atoms with Crippen molar-refractivity contribution in [3.8, 4) is 0 Å². The van der Waals surface area contributed by atoms with Crippen LogP contribution in [0.15, 0.2) is 0 Å². The van der Waals surface area contributed by atoms with Gasteiger partial charge in [0.1, 0.15) is 6.07 Å². The van der Waals surface area contributed by atoms with E-state index in [9.17, 15) is 4.21 Å². The smallest absolute Gasteiger partial charge is 0.257 e. The van der Waals surface area contributed by atoms with E-state index in [-0.39, 0.29) is 6.07 Å². The highest BCUT2D eigenvalue weighted by molar-refractivity contribution is 8.04. The molecule has 0 fully saturated rings. The van der Waals surface area contributed by atoms with Crippen LogP contribution in [0.4, 0.5) is 0 Å². The van der Waals surface area contributed by atoms with Crippen molar-refractivity contribution in [3.63, 3.8) is 0 Å². The Morgan fingerprint density at radius 3 is 2.33 bits per heavy atom. The Labute approximate surface area is 47.5 Å². The first-order valence-corrected chi connectivity index (χ1v) is 3.48. The van der Waals surface area contributed by atoms with Crippen LogP contribution in [-0.2, 0) is 14.5 Å². The maximum atomic E-state index is 9.61. The summed E-state index contributed by atoms with van der Waals surface area (Å²) < 4.78 is 13.7. The summed E-state index contributed by atoms with van der Waals surface area (Å²) in [7, 11) is 3.02. The third-order valence-corrected chi connectivity index (χ3v) is 0.946. The molecule has 0 aromatic carbocycles. The fraction of sp³-hybridized carbons (Fsp3) is 1.00. The highest BCUT2D eigenvalue weighted by Crippen LogP contribution is 1.90. The molecule has 0 aliphatic heterocycles. The Balaban J connectivity index is 2.83. The van der Waals surface area contributed by atoms with Crippen molar-refractivity contribution in [1.82, 2.24) is 0 Å². The fourth-order valence-electron chi connectivity index (χ4n) is 0.0350. The van der Waals surface area contributed by atoms with Crippen LogP contribution in [0.25, 0.3) is 0 Å². The van der Waals surface area contributed by atoms with Gasteiger partial charge >= 0.3 is 0 Å². The SMILES string of the molecule is O=S(Cl)OCCl. The topological polar surface area (TPSA) is 26.3 Å². The molecular formula is CH2Cl2O2S. The Morgan fingerprint density at radius 2 is 2.33 bits per heavy atom. The molecule has 0 saturated carbocycles. The first-order chi connectivity index (χ1) is 2.77. The molecule has 0 spiro atoms. The van der Waals surface area contributed by atoms with Crippen molar-refractivity contribution >= 4 is 32.6 Å². The summed E-state index contributed by atoms with van der Waals surface area (Å²) in [4.78, 5) is 0. The first kappa shape index (κ1) is 6.69. The van der Waals surface area contributed by atoms with E-state index in [4.69, 9.17) is 22.3 Å². The molecule has 0 amide bonds. The Bertz CT molecular complexity index is 55.5. The molecule has 0 radical (unpaired) electrons. The Kier molecular flexibility index (Phi) is 4.31. The molecule has 0 aliphatic rings. The van der Waals surface area contributed by atoms with E-state index in [1.165, 1.54) is 0 Å². The van der Waals surface area contributed by atoms with Crippen LogP contribution in [0.1, 0.15) is 0 Å². The summed E-state index contributed by atoms with van der Waals surface area (Å²) >= 11 is 4.90. The van der Waals surface area contributed by atoms with Crippen LogP contribution in [0.2, 0.25) is 0 Å². The van der Waals surface area contributed by atoms with Crippen LogP contribution in [0, 0.1) is 0 Å². The molecular weight excluding hydrogens is 147 g/mol. The number of rotatable bonds is 2. The summed E-state index contributed by atoms with van der Waals surface area (Å²) in [6.45, 7) is 0. The van der Waals surface area contributed by atoms with Crippen molar-refractivity contribution in [2.45, 2.75) is 0 Å². The van der Waals surface area contributed by atoms with Gasteiger partial charge < -0.3 is 0 Å². The van der Waals surface area contributed by atoms with Crippen LogP contribution in [-0.4, -0.2) is 10.3 Å². The second-order valence-corrected chi connectivity index (χ2v) is 2.02. The average Bonchev–Trinajstić information content (AvgIpc) is 1.35. The van der Waals surface area contributed by atoms with Crippen molar-refractivity contribution in [2.75, 3.05) is 6.07 Å². The predicted octanol–water partition coefficient (Wildman–Crippen LogP) is 1.02. The molecule has 0 saturated heterocycles. The van der Waals surface area contributed by atoms with E-state index in [1.54, 1.807) is 0 Å². The van der Waals surface area contributed by atoms with Gasteiger partial charge in [0.15, 0.2) is 0 Å². The third kappa shape index (κ3) is 4.69. The predicted molar refractivity (Wildman–Crippen MR) is 25.8 cm³/mol. The Hall–Kier alpha value is 0.690. The normalized spacial score (nSPS) is 14.3. The van der Waals surface area contributed by atoms with Crippen LogP contribution in [0.3, 0.4) is 0 Å². The zero-order chi connectivity index (χ0) is 4.99. The molecule has 0 N–H and O–H groups in total. The van der Waals surface area contributed by atoms with Gasteiger partial charge in [0, 0.05) is 10.7 Å². The molecule has 0 rings (SSSR count). The number of hydrogen-bond acceptors (Lipinski definition) is 2. The summed E-state index contributed by atoms with van der Waals surface area (Å²) in [5, 5.41) is 0. The van der Waals surface area contributed by atoms with Gasteiger partial charge in [-0.15, -0.1) is 0 Å². The largest absolute Gasteiger partial charge is 0.262 e. The molecule has 0 aromatic heterocycles. The van der Waals surface area contributed by atoms with Crippen LogP contribution in [0.5, 0.6) is 0 Å². The standard InChI is InChI=1S/CH2Cl2O2S/c2-1-5-6(3)4/h1H2. The summed E-state index contributed by atoms with van der Waals surface area (Å²) in [5.74, 6) is 0. The molecule has 0 aromatic rings. The number of halogens is 2. The van der Waals surface area contributed by atoms with Gasteiger partial charge in [-0.3, -0.25) is 4.18 Å². The van der Waals surface area contributed by atoms with Gasteiger partial charge in [-0.05, 0) is 0 Å². The second-order valence-electron chi connectivity index (χ2n) is 0.421. The molecule has 0 aliphatic carbocycles. The van der Waals surface area contributed by atoms with E-state index >= 15 is 0 Å². The van der Waals surface area contributed by atoms with E-state index in [0.717, 1.165) is 0 Å². The molecule has 38 valence electrons. The van der Waals surface area contributed by atoms with Gasteiger partial charge in [0.2, 0.25) is 0 Å². The lowest BCUT2D eigenvalue weighted by Gasteiger charge is -1.81. The molecule has 0 bridgehead atoms. The minimum Gasteiger partial charge on any atom is -0.262 e. The lowest BCUT2D eigenvalue weighted by atomic mass is 11.7. The zero-order valence-electron chi connectivity index (χ0n) is 2.69. The zero-order valence-corrected chi connectivity index (χ0v) is 5.02. The molecule has 0 heterocycles. The van der Waals surface area contributed by atoms with Gasteiger partial charge in [-0.1, -0.05) is 11.6 Å². The first-order valence-electron chi connectivity index (χ1n) is 1.04. The van der Waals surface area contributed by atoms with E-state index in [1.807, 2.05) is 0 Å². The van der Waals surface area contributed by atoms with Crippen molar-refractivity contribution in [3.05, 3.63) is 0 Å². The summed E-state index contributed by atoms with van der Waals surface area (Å²) in [5.41, 5.74) is 0. The maximum Gasteiger partial charge on any atom is 0.257 e. The van der Waals surface area contributed by atoms with E-state index in [2.05, 4.69) is 4.18 Å². The monoisotopic (exact) mass is 148 g/mol. The summed E-state index contributed by atoms with van der Waals surface area (Å²) in [6.07, 6.45) is 0. The quantitative estimate of drug-likeness (QED) is 0.432. The van der Waals surface area contributed by atoms with Crippen molar-refractivity contribution in [1.29, 1.82) is 0 Å². The van der Waals surface area contributed by atoms with Gasteiger partial charge in [-0.2, -0.15) is 0 Å². The fourth-order valence-corrected chi connectivity index (χ4v) is 0.618. The van der Waals surface area contributed by atoms with Gasteiger partial charge in [-0.25, -0.2) is 4.21 Å². The molecule has 2 nitrogen and oxygen atoms in total. The summed E-state index contributed by atoms with van der Waals surface area (Å²) in [6, 6.07) is -0.129. The van der Waals surface area contributed by atoms with E-state index in [0.29, 0.717) is 0 Å². The molecule has 6 heavy (non-hydrogen) atoms. The van der Waals surface area contributed by atoms with E-state index < -0.39 is 10.3 Å². The van der Waals surface area contributed by atoms with Gasteiger partial charge in [0.05, 0.1) is 0 Å². The lowest BCUT2D eigenvalue weighted by Crippen LogP contribution is -1.82. The third-order valence-electron chi connectivity index (χ3n) is 0.137. The Morgan fingerprint density at radius 1 is 1.83 bits per heavy atom. The van der Waals surface area contributed by atoms with Crippen LogP contribution < -0.4 is 0 Å². The lowest BCUT2D eigenvalue weighted by molar-refractivity contribution is 0.430. The maximum absolute atomic E-state index is 9.61. The van der Waals surface area contributed by atoms with Crippen LogP contribution >= 0.6 is 22.3 Å². The minimum absolute atomic E-state index is 0.129. The highest BCUT2D eigenvalue weighted by Gasteiger charge is 1.84. The number of hydrogen-bond donors (Lipinski definition) is 0. The molecule has 1 atom stereocenters. The second kappa shape index (κ2) is 3.87. The van der Waals surface area contributed by atoms with Crippen molar-refractivity contribution < 1.29 is 8.39 Å². The average molecular weight is 149 g/mol. The molecule has 5 heteroatoms. The van der Waals surface area contributed by atoms with Crippen molar-refractivity contribution in [2.24, 2.45) is 0 Å². The minimum atomic E-state index is -1.73. The highest BCUT2D eigenvalue weighted by atomic mass is 35.7.